The summed E-state index contributed by atoms with van der Waals surface area (Å²) in [5.74, 6) is 0.985. The number of aryl methyl sites for hydroxylation is 2. The first kappa shape index (κ1) is 12.1. The van der Waals surface area contributed by atoms with Crippen LogP contribution in [0.1, 0.15) is 26.3 Å². The van der Waals surface area contributed by atoms with E-state index in [2.05, 4.69) is 26.0 Å². The number of halogens is 1. The van der Waals surface area contributed by atoms with Gasteiger partial charge in [0.2, 0.25) is 0 Å². The summed E-state index contributed by atoms with van der Waals surface area (Å²) in [6.45, 7) is 4.24. The summed E-state index contributed by atoms with van der Waals surface area (Å²) in [5, 5.41) is -0.0592. The highest BCUT2D eigenvalue weighted by molar-refractivity contribution is 7.12. The molecule has 2 unspecified atom stereocenters. The summed E-state index contributed by atoms with van der Waals surface area (Å²) >= 11 is 8.38. The molecule has 1 aromatic heterocycles. The van der Waals surface area contributed by atoms with Crippen LogP contribution >= 0.6 is 22.9 Å². The minimum atomic E-state index is -0.0592. The smallest absolute Gasteiger partial charge is 0.124 e. The Labute approximate surface area is 116 Å². The second-order valence-corrected chi connectivity index (χ2v) is 6.53. The molecule has 18 heavy (non-hydrogen) atoms. The van der Waals surface area contributed by atoms with Crippen molar-refractivity contribution >= 4 is 22.9 Å². The maximum Gasteiger partial charge on any atom is 0.124 e. The van der Waals surface area contributed by atoms with Crippen molar-refractivity contribution in [3.63, 3.8) is 0 Å². The molecule has 2 aromatic rings. The van der Waals surface area contributed by atoms with Crippen LogP contribution in [0, 0.1) is 13.8 Å². The van der Waals surface area contributed by atoms with Crippen molar-refractivity contribution in [2.45, 2.75) is 31.7 Å². The number of rotatable bonds is 2. The number of alkyl halides is 1. The lowest BCUT2D eigenvalue weighted by Gasteiger charge is -2.16. The fraction of sp³-hybridized carbons (Fsp3) is 0.333. The van der Waals surface area contributed by atoms with Gasteiger partial charge in [0, 0.05) is 16.2 Å². The predicted molar refractivity (Wildman–Crippen MR) is 76.9 cm³/mol. The van der Waals surface area contributed by atoms with E-state index in [-0.39, 0.29) is 11.5 Å². The van der Waals surface area contributed by atoms with Crippen molar-refractivity contribution in [1.82, 2.24) is 0 Å². The standard InChI is InChI=1S/C15H15ClOS/c1-9-7-10(2)18-15(9)14(16)13-8-11-5-3-4-6-12(11)17-13/h3-7,13-14H,8H2,1-2H3. The molecule has 0 N–H and O–H groups in total. The highest BCUT2D eigenvalue weighted by atomic mass is 35.5. The second-order valence-electron chi connectivity index (χ2n) is 4.77. The fourth-order valence-corrected chi connectivity index (χ4v) is 3.99. The van der Waals surface area contributed by atoms with Gasteiger partial charge in [0.15, 0.2) is 0 Å². The van der Waals surface area contributed by atoms with E-state index in [9.17, 15) is 0 Å². The highest BCUT2D eigenvalue weighted by Crippen LogP contribution is 2.40. The van der Waals surface area contributed by atoms with E-state index >= 15 is 0 Å². The molecule has 1 nitrogen and oxygen atoms in total. The Bertz CT molecular complexity index is 551. The number of hydrogen-bond acceptors (Lipinski definition) is 2. The van der Waals surface area contributed by atoms with Crippen LogP contribution in [-0.2, 0) is 6.42 Å². The lowest BCUT2D eigenvalue weighted by Crippen LogP contribution is -2.19. The Balaban J connectivity index is 1.84. The Kier molecular flexibility index (Phi) is 3.08. The summed E-state index contributed by atoms with van der Waals surface area (Å²) in [6, 6.07) is 10.4. The maximum atomic E-state index is 6.61. The maximum absolute atomic E-state index is 6.61. The summed E-state index contributed by atoms with van der Waals surface area (Å²) in [6.07, 6.45) is 0.960. The fourth-order valence-electron chi connectivity index (χ4n) is 2.47. The summed E-state index contributed by atoms with van der Waals surface area (Å²) < 4.78 is 5.96. The van der Waals surface area contributed by atoms with Gasteiger partial charge in [-0.1, -0.05) is 18.2 Å². The van der Waals surface area contributed by atoms with Crippen LogP contribution in [0.2, 0.25) is 0 Å². The number of fused-ring (bicyclic) bond motifs is 1. The molecule has 0 saturated heterocycles. The molecular formula is C15H15ClOS. The lowest BCUT2D eigenvalue weighted by molar-refractivity contribution is 0.228. The monoisotopic (exact) mass is 278 g/mol. The third-order valence-corrected chi connectivity index (χ3v) is 5.19. The Morgan fingerprint density at radius 3 is 2.78 bits per heavy atom. The average molecular weight is 279 g/mol. The van der Waals surface area contributed by atoms with E-state index in [1.54, 1.807) is 11.3 Å². The summed E-state index contributed by atoms with van der Waals surface area (Å²) in [4.78, 5) is 2.55. The van der Waals surface area contributed by atoms with Gasteiger partial charge in [0.05, 0.1) is 0 Å². The third-order valence-electron chi connectivity index (χ3n) is 3.33. The van der Waals surface area contributed by atoms with Gasteiger partial charge < -0.3 is 4.74 Å². The van der Waals surface area contributed by atoms with Gasteiger partial charge in [0.25, 0.3) is 0 Å². The topological polar surface area (TPSA) is 9.23 Å². The molecule has 0 bridgehead atoms. The summed E-state index contributed by atoms with van der Waals surface area (Å²) in [7, 11) is 0. The zero-order valence-electron chi connectivity index (χ0n) is 10.4. The highest BCUT2D eigenvalue weighted by Gasteiger charge is 2.31. The molecule has 0 spiro atoms. The molecule has 1 aliphatic rings. The molecule has 94 valence electrons. The molecular weight excluding hydrogens is 264 g/mol. The van der Waals surface area contributed by atoms with Crippen molar-refractivity contribution in [3.8, 4) is 5.75 Å². The molecule has 2 atom stereocenters. The van der Waals surface area contributed by atoms with Crippen molar-refractivity contribution in [2.75, 3.05) is 0 Å². The van der Waals surface area contributed by atoms with Gasteiger partial charge in [-0.15, -0.1) is 22.9 Å². The van der Waals surface area contributed by atoms with Crippen LogP contribution in [0.5, 0.6) is 5.75 Å². The Hall–Kier alpha value is -0.990. The van der Waals surface area contributed by atoms with Gasteiger partial charge in [-0.2, -0.15) is 0 Å². The van der Waals surface area contributed by atoms with Crippen LogP contribution in [0.15, 0.2) is 30.3 Å². The van der Waals surface area contributed by atoms with Gasteiger partial charge in [-0.05, 0) is 37.1 Å². The van der Waals surface area contributed by atoms with E-state index in [0.29, 0.717) is 0 Å². The largest absolute Gasteiger partial charge is 0.488 e. The Morgan fingerprint density at radius 1 is 1.33 bits per heavy atom. The lowest BCUT2D eigenvalue weighted by atomic mass is 10.1. The predicted octanol–water partition coefficient (Wildman–Crippen LogP) is 4.65. The van der Waals surface area contributed by atoms with Gasteiger partial charge in [-0.3, -0.25) is 0 Å². The molecule has 0 fully saturated rings. The molecule has 0 radical (unpaired) electrons. The van der Waals surface area contributed by atoms with E-state index in [0.717, 1.165) is 12.2 Å². The van der Waals surface area contributed by atoms with Crippen molar-refractivity contribution in [1.29, 1.82) is 0 Å². The van der Waals surface area contributed by atoms with Gasteiger partial charge >= 0.3 is 0 Å². The minimum absolute atomic E-state index is 0.0563. The molecule has 0 saturated carbocycles. The van der Waals surface area contributed by atoms with E-state index in [1.807, 2.05) is 18.2 Å². The first-order chi connectivity index (χ1) is 8.65. The minimum Gasteiger partial charge on any atom is -0.488 e. The Morgan fingerprint density at radius 2 is 2.11 bits per heavy atom. The molecule has 0 amide bonds. The van der Waals surface area contributed by atoms with Crippen molar-refractivity contribution < 1.29 is 4.74 Å². The van der Waals surface area contributed by atoms with Crippen LogP contribution in [-0.4, -0.2) is 6.10 Å². The van der Waals surface area contributed by atoms with Crippen LogP contribution in [0.25, 0.3) is 0 Å². The van der Waals surface area contributed by atoms with Crippen LogP contribution < -0.4 is 4.74 Å². The van der Waals surface area contributed by atoms with E-state index in [1.165, 1.54) is 20.9 Å². The zero-order chi connectivity index (χ0) is 12.7. The molecule has 3 heteroatoms. The van der Waals surface area contributed by atoms with E-state index < -0.39 is 0 Å². The third kappa shape index (κ3) is 2.04. The number of hydrogen-bond donors (Lipinski definition) is 0. The first-order valence-electron chi connectivity index (χ1n) is 6.10. The second kappa shape index (κ2) is 4.60. The number of para-hydroxylation sites is 1. The number of ether oxygens (including phenoxy) is 1. The normalized spacial score (nSPS) is 19.4. The molecule has 0 aliphatic carbocycles. The number of benzene rings is 1. The molecule has 2 heterocycles. The summed E-state index contributed by atoms with van der Waals surface area (Å²) in [5.41, 5.74) is 2.54. The van der Waals surface area contributed by atoms with Crippen LogP contribution in [0.3, 0.4) is 0 Å². The van der Waals surface area contributed by atoms with Crippen LogP contribution in [0.4, 0.5) is 0 Å². The zero-order valence-corrected chi connectivity index (χ0v) is 12.0. The van der Waals surface area contributed by atoms with E-state index in [4.69, 9.17) is 16.3 Å². The van der Waals surface area contributed by atoms with Crippen molar-refractivity contribution in [3.05, 3.63) is 51.2 Å². The number of thiophene rings is 1. The van der Waals surface area contributed by atoms with Crippen molar-refractivity contribution in [2.24, 2.45) is 0 Å². The van der Waals surface area contributed by atoms with Gasteiger partial charge in [-0.25, -0.2) is 0 Å². The molecule has 1 aromatic carbocycles. The SMILES string of the molecule is Cc1cc(C)c(C(Cl)C2Cc3ccccc3O2)s1. The molecule has 3 rings (SSSR count). The average Bonchev–Trinajstić information content (AvgIpc) is 2.91. The van der Waals surface area contributed by atoms with Gasteiger partial charge in [0.1, 0.15) is 17.2 Å². The molecule has 1 aliphatic heterocycles. The quantitative estimate of drug-likeness (QED) is 0.727. The first-order valence-corrected chi connectivity index (χ1v) is 7.36.